The van der Waals surface area contributed by atoms with Gasteiger partial charge < -0.3 is 10.1 Å². The van der Waals surface area contributed by atoms with Crippen LogP contribution in [0.15, 0.2) is 33.6 Å². The van der Waals surface area contributed by atoms with Gasteiger partial charge in [-0.3, -0.25) is 0 Å². The van der Waals surface area contributed by atoms with Crippen molar-refractivity contribution < 1.29 is 13.2 Å². The molecule has 0 aliphatic carbocycles. The van der Waals surface area contributed by atoms with Crippen LogP contribution in [0, 0.1) is 0 Å². The van der Waals surface area contributed by atoms with E-state index in [1.165, 1.54) is 4.31 Å². The molecular formula is C14H21BrN2O3S. The van der Waals surface area contributed by atoms with Gasteiger partial charge in [0, 0.05) is 24.6 Å². The van der Waals surface area contributed by atoms with Crippen LogP contribution >= 0.6 is 15.9 Å². The van der Waals surface area contributed by atoms with Crippen LogP contribution in [0.4, 0.5) is 0 Å². The summed E-state index contributed by atoms with van der Waals surface area (Å²) in [5.41, 5.74) is 0. The Bertz CT molecular complexity index is 556. The molecule has 1 fully saturated rings. The lowest BCUT2D eigenvalue weighted by atomic mass is 10.1. The molecule has 1 N–H and O–H groups in total. The van der Waals surface area contributed by atoms with Crippen molar-refractivity contribution in [1.82, 2.24) is 9.62 Å². The SMILES string of the molecule is CCC(C1CNCCO1)N(C)S(=O)(=O)c1ccc(Br)cc1. The normalized spacial score (nSPS) is 21.4. The Labute approximate surface area is 134 Å². The predicted octanol–water partition coefficient (Wildman–Crippen LogP) is 1.84. The van der Waals surface area contributed by atoms with E-state index in [9.17, 15) is 8.42 Å². The third-order valence-electron chi connectivity index (χ3n) is 3.76. The molecule has 0 saturated carbocycles. The first-order valence-corrected chi connectivity index (χ1v) is 9.26. The topological polar surface area (TPSA) is 58.6 Å². The molecule has 118 valence electrons. The van der Waals surface area contributed by atoms with Gasteiger partial charge in [-0.25, -0.2) is 8.42 Å². The van der Waals surface area contributed by atoms with Gasteiger partial charge in [-0.15, -0.1) is 0 Å². The van der Waals surface area contributed by atoms with Crippen molar-refractivity contribution in [3.05, 3.63) is 28.7 Å². The fraction of sp³-hybridized carbons (Fsp3) is 0.571. The van der Waals surface area contributed by atoms with E-state index >= 15 is 0 Å². The molecule has 0 bridgehead atoms. The molecule has 0 spiro atoms. The summed E-state index contributed by atoms with van der Waals surface area (Å²) in [6, 6.07) is 6.53. The maximum atomic E-state index is 12.7. The molecule has 2 unspecified atom stereocenters. The number of morpholine rings is 1. The van der Waals surface area contributed by atoms with Gasteiger partial charge in [0.15, 0.2) is 0 Å². The largest absolute Gasteiger partial charge is 0.374 e. The minimum atomic E-state index is -3.51. The Morgan fingerprint density at radius 1 is 1.43 bits per heavy atom. The van der Waals surface area contributed by atoms with Gasteiger partial charge in [-0.2, -0.15) is 4.31 Å². The first kappa shape index (κ1) is 16.9. The first-order chi connectivity index (χ1) is 9.96. The second-order valence-corrected chi connectivity index (χ2v) is 7.98. The Morgan fingerprint density at radius 2 is 2.10 bits per heavy atom. The van der Waals surface area contributed by atoms with Gasteiger partial charge in [0.1, 0.15) is 0 Å². The van der Waals surface area contributed by atoms with Crippen molar-refractivity contribution in [2.45, 2.75) is 30.4 Å². The standard InChI is InChI=1S/C14H21BrN2O3S/c1-3-13(14-10-16-8-9-20-14)17(2)21(18,19)12-6-4-11(15)5-7-12/h4-7,13-14,16H,3,8-10H2,1-2H3. The van der Waals surface area contributed by atoms with E-state index < -0.39 is 10.0 Å². The highest BCUT2D eigenvalue weighted by Gasteiger charge is 2.33. The average Bonchev–Trinajstić information content (AvgIpc) is 2.49. The van der Waals surface area contributed by atoms with E-state index in [2.05, 4.69) is 21.2 Å². The van der Waals surface area contributed by atoms with E-state index in [1.807, 2.05) is 6.92 Å². The molecule has 7 heteroatoms. The molecule has 0 aromatic heterocycles. The van der Waals surface area contributed by atoms with Crippen LogP contribution in [-0.4, -0.2) is 51.6 Å². The Hall–Kier alpha value is -0.470. The van der Waals surface area contributed by atoms with Gasteiger partial charge in [0.05, 0.1) is 23.6 Å². The number of hydrogen-bond donors (Lipinski definition) is 1. The van der Waals surface area contributed by atoms with Gasteiger partial charge in [-0.1, -0.05) is 22.9 Å². The molecule has 1 aromatic rings. The van der Waals surface area contributed by atoms with Gasteiger partial charge in [-0.05, 0) is 30.7 Å². The molecule has 5 nitrogen and oxygen atoms in total. The Kier molecular flexibility index (Phi) is 5.79. The molecule has 0 amide bonds. The van der Waals surface area contributed by atoms with Gasteiger partial charge in [0.25, 0.3) is 0 Å². The summed E-state index contributed by atoms with van der Waals surface area (Å²) in [4.78, 5) is 0.301. The molecule has 1 aliphatic heterocycles. The van der Waals surface area contributed by atoms with E-state index in [4.69, 9.17) is 4.74 Å². The zero-order valence-corrected chi connectivity index (χ0v) is 14.7. The fourth-order valence-corrected chi connectivity index (χ4v) is 4.26. The van der Waals surface area contributed by atoms with Crippen molar-refractivity contribution in [1.29, 1.82) is 0 Å². The van der Waals surface area contributed by atoms with Crippen molar-refractivity contribution >= 4 is 26.0 Å². The molecule has 1 heterocycles. The summed E-state index contributed by atoms with van der Waals surface area (Å²) in [5, 5.41) is 3.25. The van der Waals surface area contributed by atoms with E-state index in [1.54, 1.807) is 31.3 Å². The van der Waals surface area contributed by atoms with Gasteiger partial charge in [0.2, 0.25) is 10.0 Å². The van der Waals surface area contributed by atoms with E-state index in [0.717, 1.165) is 11.0 Å². The van der Waals surface area contributed by atoms with Crippen molar-refractivity contribution in [3.8, 4) is 0 Å². The molecular weight excluding hydrogens is 356 g/mol. The number of likely N-dealkylation sites (N-methyl/N-ethyl adjacent to an activating group) is 1. The molecule has 0 radical (unpaired) electrons. The number of nitrogens with one attached hydrogen (secondary N) is 1. The minimum absolute atomic E-state index is 0.112. The molecule has 21 heavy (non-hydrogen) atoms. The first-order valence-electron chi connectivity index (χ1n) is 7.02. The van der Waals surface area contributed by atoms with Crippen LogP contribution in [0.1, 0.15) is 13.3 Å². The lowest BCUT2D eigenvalue weighted by Crippen LogP contribution is -2.52. The number of benzene rings is 1. The fourth-order valence-electron chi connectivity index (χ4n) is 2.54. The molecule has 1 aromatic carbocycles. The van der Waals surface area contributed by atoms with Crippen LogP contribution in [-0.2, 0) is 14.8 Å². The highest BCUT2D eigenvalue weighted by Crippen LogP contribution is 2.23. The summed E-state index contributed by atoms with van der Waals surface area (Å²) in [6.07, 6.45) is 0.595. The number of halogens is 1. The van der Waals surface area contributed by atoms with Crippen molar-refractivity contribution in [2.24, 2.45) is 0 Å². The molecule has 1 aliphatic rings. The third-order valence-corrected chi connectivity index (χ3v) is 6.19. The van der Waals surface area contributed by atoms with Crippen LogP contribution in [0.2, 0.25) is 0 Å². The summed E-state index contributed by atoms with van der Waals surface area (Å²) < 4.78 is 33.5. The number of ether oxygens (including phenoxy) is 1. The number of hydrogen-bond acceptors (Lipinski definition) is 4. The molecule has 1 saturated heterocycles. The zero-order valence-electron chi connectivity index (χ0n) is 12.3. The monoisotopic (exact) mass is 376 g/mol. The number of sulfonamides is 1. The summed E-state index contributed by atoms with van der Waals surface area (Å²) >= 11 is 3.32. The van der Waals surface area contributed by atoms with Crippen LogP contribution in [0.25, 0.3) is 0 Å². The molecule has 2 atom stereocenters. The van der Waals surface area contributed by atoms with Crippen LogP contribution in [0.3, 0.4) is 0 Å². The highest BCUT2D eigenvalue weighted by atomic mass is 79.9. The van der Waals surface area contributed by atoms with E-state index in [-0.39, 0.29) is 12.1 Å². The predicted molar refractivity (Wildman–Crippen MR) is 85.8 cm³/mol. The minimum Gasteiger partial charge on any atom is -0.374 e. The van der Waals surface area contributed by atoms with Crippen LogP contribution in [0.5, 0.6) is 0 Å². The van der Waals surface area contributed by atoms with Crippen molar-refractivity contribution in [3.63, 3.8) is 0 Å². The summed E-state index contributed by atoms with van der Waals surface area (Å²) in [5.74, 6) is 0. The average molecular weight is 377 g/mol. The second kappa shape index (κ2) is 7.19. The summed E-state index contributed by atoms with van der Waals surface area (Å²) in [6.45, 7) is 4.10. The Morgan fingerprint density at radius 3 is 2.62 bits per heavy atom. The molecule has 2 rings (SSSR count). The van der Waals surface area contributed by atoms with Crippen molar-refractivity contribution in [2.75, 3.05) is 26.7 Å². The zero-order chi connectivity index (χ0) is 15.5. The Balaban J connectivity index is 2.22. The van der Waals surface area contributed by atoms with E-state index in [0.29, 0.717) is 24.5 Å². The quantitative estimate of drug-likeness (QED) is 0.851. The highest BCUT2D eigenvalue weighted by molar-refractivity contribution is 9.10. The maximum Gasteiger partial charge on any atom is 0.243 e. The smallest absolute Gasteiger partial charge is 0.243 e. The van der Waals surface area contributed by atoms with Gasteiger partial charge >= 0.3 is 0 Å². The summed E-state index contributed by atoms with van der Waals surface area (Å²) in [7, 11) is -1.88. The second-order valence-electron chi connectivity index (χ2n) is 5.06. The lowest BCUT2D eigenvalue weighted by Gasteiger charge is -2.35. The third kappa shape index (κ3) is 3.84. The number of nitrogens with zero attached hydrogens (tertiary/aromatic N) is 1. The number of rotatable bonds is 5. The maximum absolute atomic E-state index is 12.7. The lowest BCUT2D eigenvalue weighted by molar-refractivity contribution is -0.0105. The van der Waals surface area contributed by atoms with Crippen LogP contribution < -0.4 is 5.32 Å².